The summed E-state index contributed by atoms with van der Waals surface area (Å²) in [5.74, 6) is -1.53. The molecule has 1 aliphatic rings. The van der Waals surface area contributed by atoms with Crippen LogP contribution in [0.4, 0.5) is 4.39 Å². The van der Waals surface area contributed by atoms with E-state index in [0.29, 0.717) is 12.0 Å². The number of aromatic nitrogens is 2. The molecule has 2 aromatic heterocycles. The van der Waals surface area contributed by atoms with Crippen LogP contribution < -0.4 is 5.76 Å². The Hall–Kier alpha value is -3.26. The molecule has 0 saturated carbocycles. The Bertz CT molecular complexity index is 1350. The average Bonchev–Trinajstić information content (AvgIpc) is 3.25. The van der Waals surface area contributed by atoms with Crippen molar-refractivity contribution >= 4 is 32.9 Å². The average molecular weight is 468 g/mol. The molecule has 0 aliphatic carbocycles. The normalized spacial score (nSPS) is 15.7. The molecule has 5 rings (SSSR count). The fraction of sp³-hybridized carbons (Fsp3) is 0.136. The van der Waals surface area contributed by atoms with Crippen LogP contribution in [-0.4, -0.2) is 20.8 Å². The van der Waals surface area contributed by atoms with Crippen molar-refractivity contribution in [2.45, 2.75) is 19.0 Å². The summed E-state index contributed by atoms with van der Waals surface area (Å²) in [6.07, 6.45) is 2.18. The highest BCUT2D eigenvalue weighted by atomic mass is 79.9. The van der Waals surface area contributed by atoms with Crippen molar-refractivity contribution in [1.82, 2.24) is 14.9 Å². The minimum atomic E-state index is -0.719. The van der Waals surface area contributed by atoms with Crippen molar-refractivity contribution in [2.24, 2.45) is 0 Å². The Morgan fingerprint density at radius 3 is 2.80 bits per heavy atom. The number of H-pyrrole nitrogens is 1. The molecule has 0 radical (unpaired) electrons. The monoisotopic (exact) mass is 467 g/mol. The van der Waals surface area contributed by atoms with Crippen molar-refractivity contribution in [2.75, 3.05) is 0 Å². The van der Waals surface area contributed by atoms with Gasteiger partial charge in [-0.25, -0.2) is 9.18 Å². The third-order valence-corrected chi connectivity index (χ3v) is 6.08. The Balaban J connectivity index is 1.56. The number of amides is 1. The molecular weight excluding hydrogens is 453 g/mol. The van der Waals surface area contributed by atoms with E-state index in [-0.39, 0.29) is 35.2 Å². The zero-order valence-corrected chi connectivity index (χ0v) is 17.1. The van der Waals surface area contributed by atoms with Gasteiger partial charge in [0.2, 0.25) is 0 Å². The zero-order valence-electron chi connectivity index (χ0n) is 15.6. The quantitative estimate of drug-likeness (QED) is 0.483. The number of rotatable bonds is 4. The van der Waals surface area contributed by atoms with Gasteiger partial charge in [0.05, 0.1) is 17.3 Å². The van der Waals surface area contributed by atoms with Crippen LogP contribution in [0.2, 0.25) is 0 Å². The van der Waals surface area contributed by atoms with E-state index >= 15 is 0 Å². The van der Waals surface area contributed by atoms with E-state index in [4.69, 9.17) is 4.42 Å². The van der Waals surface area contributed by atoms with Crippen LogP contribution in [0.25, 0.3) is 11.1 Å². The number of nitrogens with one attached hydrogen (secondary N) is 1. The second-order valence-electron chi connectivity index (χ2n) is 7.10. The van der Waals surface area contributed by atoms with E-state index in [9.17, 15) is 14.0 Å². The molecule has 1 aliphatic heterocycles. The third-order valence-electron chi connectivity index (χ3n) is 5.36. The second kappa shape index (κ2) is 7.21. The number of aromatic amines is 1. The van der Waals surface area contributed by atoms with Crippen molar-refractivity contribution < 1.29 is 13.6 Å². The van der Waals surface area contributed by atoms with Gasteiger partial charge in [-0.3, -0.25) is 14.8 Å². The number of hydrogen-bond donors (Lipinski definition) is 1. The van der Waals surface area contributed by atoms with Gasteiger partial charge < -0.3 is 9.32 Å². The standard InChI is InChI=1S/C22H15BrFN3O3/c23-15-6-3-9-25-17(15)10-18-13-4-1-2-5-14(13)21(28)27(18)11-12-7-8-16-20(19(12)24)30-22(29)26-16/h1-9,18H,10-11H2,(H,26,29). The fourth-order valence-electron chi connectivity index (χ4n) is 3.93. The van der Waals surface area contributed by atoms with E-state index in [1.54, 1.807) is 29.3 Å². The fourth-order valence-corrected chi connectivity index (χ4v) is 4.35. The van der Waals surface area contributed by atoms with Gasteiger partial charge >= 0.3 is 5.76 Å². The highest BCUT2D eigenvalue weighted by molar-refractivity contribution is 9.10. The van der Waals surface area contributed by atoms with Gasteiger partial charge in [-0.05, 0) is 45.8 Å². The molecule has 3 heterocycles. The molecule has 1 amide bonds. The van der Waals surface area contributed by atoms with Crippen LogP contribution in [0.5, 0.6) is 0 Å². The summed E-state index contributed by atoms with van der Waals surface area (Å²) in [7, 11) is 0. The molecule has 0 saturated heterocycles. The Kier molecular flexibility index (Phi) is 4.51. The van der Waals surface area contributed by atoms with Gasteiger partial charge in [-0.1, -0.05) is 24.3 Å². The summed E-state index contributed by atoms with van der Waals surface area (Å²) in [4.78, 5) is 33.1. The van der Waals surface area contributed by atoms with Crippen molar-refractivity contribution in [3.8, 4) is 0 Å². The number of carbonyl (C=O) groups is 1. The number of hydrogen-bond acceptors (Lipinski definition) is 4. The highest BCUT2D eigenvalue weighted by Crippen LogP contribution is 2.38. The first kappa shape index (κ1) is 18.7. The van der Waals surface area contributed by atoms with Crippen LogP contribution in [0.1, 0.15) is 33.2 Å². The van der Waals surface area contributed by atoms with Crippen LogP contribution in [0.3, 0.4) is 0 Å². The first-order chi connectivity index (χ1) is 14.5. The minimum absolute atomic E-state index is 0.0410. The summed E-state index contributed by atoms with van der Waals surface area (Å²) >= 11 is 3.52. The van der Waals surface area contributed by atoms with E-state index < -0.39 is 11.6 Å². The van der Waals surface area contributed by atoms with E-state index in [1.165, 1.54) is 0 Å². The Morgan fingerprint density at radius 1 is 1.13 bits per heavy atom. The summed E-state index contributed by atoms with van der Waals surface area (Å²) in [5, 5.41) is 0. The van der Waals surface area contributed by atoms with Crippen LogP contribution in [0, 0.1) is 5.82 Å². The smallest absolute Gasteiger partial charge is 0.405 e. The molecule has 8 heteroatoms. The number of oxazole rings is 1. The summed E-state index contributed by atoms with van der Waals surface area (Å²) in [5.41, 5.74) is 2.72. The lowest BCUT2D eigenvalue weighted by molar-refractivity contribution is 0.0706. The maximum atomic E-state index is 15.0. The van der Waals surface area contributed by atoms with Gasteiger partial charge in [0.1, 0.15) is 0 Å². The molecule has 30 heavy (non-hydrogen) atoms. The number of benzene rings is 2. The van der Waals surface area contributed by atoms with Crippen molar-refractivity contribution in [3.63, 3.8) is 0 Å². The summed E-state index contributed by atoms with van der Waals surface area (Å²) < 4.78 is 20.8. The van der Waals surface area contributed by atoms with Gasteiger partial charge in [0.25, 0.3) is 5.91 Å². The first-order valence-corrected chi connectivity index (χ1v) is 10.1. The van der Waals surface area contributed by atoms with Gasteiger partial charge in [-0.2, -0.15) is 0 Å². The van der Waals surface area contributed by atoms with Crippen LogP contribution >= 0.6 is 15.9 Å². The maximum absolute atomic E-state index is 15.0. The first-order valence-electron chi connectivity index (χ1n) is 9.32. The minimum Gasteiger partial charge on any atom is -0.405 e. The number of pyridine rings is 1. The molecule has 0 spiro atoms. The lowest BCUT2D eigenvalue weighted by atomic mass is 10.0. The lowest BCUT2D eigenvalue weighted by Gasteiger charge is -2.26. The molecule has 1 atom stereocenters. The molecule has 4 aromatic rings. The van der Waals surface area contributed by atoms with E-state index in [1.807, 2.05) is 30.3 Å². The number of carbonyl (C=O) groups excluding carboxylic acids is 1. The molecular formula is C22H15BrFN3O3. The number of nitrogens with zero attached hydrogens (tertiary/aromatic N) is 2. The van der Waals surface area contributed by atoms with E-state index in [2.05, 4.69) is 25.9 Å². The molecule has 0 bridgehead atoms. The van der Waals surface area contributed by atoms with Crippen molar-refractivity contribution in [3.05, 3.63) is 98.0 Å². The van der Waals surface area contributed by atoms with Gasteiger partial charge in [0, 0.05) is 34.8 Å². The Morgan fingerprint density at radius 2 is 1.97 bits per heavy atom. The molecule has 2 aromatic carbocycles. The summed E-state index contributed by atoms with van der Waals surface area (Å²) in [6.45, 7) is 0.0410. The van der Waals surface area contributed by atoms with Crippen LogP contribution in [0.15, 0.2) is 68.4 Å². The lowest BCUT2D eigenvalue weighted by Crippen LogP contribution is -2.29. The molecule has 6 nitrogen and oxygen atoms in total. The maximum Gasteiger partial charge on any atom is 0.417 e. The van der Waals surface area contributed by atoms with Gasteiger partial charge in [0.15, 0.2) is 11.4 Å². The van der Waals surface area contributed by atoms with Gasteiger partial charge in [-0.15, -0.1) is 0 Å². The molecule has 1 N–H and O–H groups in total. The SMILES string of the molecule is O=C1c2ccccc2C(Cc2ncccc2Br)N1Cc1ccc2[nH]c(=O)oc2c1F. The number of halogens is 2. The predicted octanol–water partition coefficient (Wildman–Crippen LogP) is 4.36. The highest BCUT2D eigenvalue weighted by Gasteiger charge is 2.37. The largest absolute Gasteiger partial charge is 0.417 e. The molecule has 1 unspecified atom stereocenters. The van der Waals surface area contributed by atoms with Crippen molar-refractivity contribution in [1.29, 1.82) is 0 Å². The third kappa shape index (κ3) is 3.04. The second-order valence-corrected chi connectivity index (χ2v) is 7.96. The number of fused-ring (bicyclic) bond motifs is 2. The predicted molar refractivity (Wildman–Crippen MR) is 111 cm³/mol. The Labute approximate surface area is 178 Å². The zero-order chi connectivity index (χ0) is 20.8. The summed E-state index contributed by atoms with van der Waals surface area (Å²) in [6, 6.07) is 14.0. The van der Waals surface area contributed by atoms with Crippen LogP contribution in [-0.2, 0) is 13.0 Å². The topological polar surface area (TPSA) is 79.2 Å². The molecule has 150 valence electrons. The van der Waals surface area contributed by atoms with E-state index in [0.717, 1.165) is 15.7 Å². The molecule has 0 fully saturated rings.